The van der Waals surface area contributed by atoms with Gasteiger partial charge in [0.15, 0.2) is 5.82 Å². The number of hydrogen-bond acceptors (Lipinski definition) is 13. The molecule has 6 aliphatic rings. The maximum absolute atomic E-state index is 17.0. The summed E-state index contributed by atoms with van der Waals surface area (Å²) in [5, 5.41) is 18.2. The number of nitrogens with zero attached hydrogens (tertiary/aromatic N) is 8. The fourth-order valence-electron chi connectivity index (χ4n) is 13.2. The van der Waals surface area contributed by atoms with Crippen LogP contribution in [0.2, 0.25) is 0 Å². The highest BCUT2D eigenvalue weighted by Gasteiger charge is 2.38. The lowest BCUT2D eigenvalue weighted by Crippen LogP contribution is -2.51. The first kappa shape index (κ1) is 50.7. The first-order valence-electron chi connectivity index (χ1n) is 27.2. The molecule has 3 unspecified atom stereocenters. The van der Waals surface area contributed by atoms with Crippen LogP contribution in [0.1, 0.15) is 92.1 Å². The Labute approximate surface area is 437 Å². The van der Waals surface area contributed by atoms with Crippen LogP contribution in [0.15, 0.2) is 48.7 Å². The number of piperidine rings is 3. The molecule has 8 heterocycles. The summed E-state index contributed by atoms with van der Waals surface area (Å²) in [5.74, 6) is 3.25. The molecule has 2 aromatic heterocycles. The molecule has 0 radical (unpaired) electrons. The number of carbonyl (C=O) groups excluding carboxylic acids is 3. The Balaban J connectivity index is 0.653. The number of pyridine rings is 1. The SMILES string of the molecule is C#Cc1c(F)ccc2cc(O)cc(-c3ncc4c(N5CC6CCC(C5)N6)nc(OCCN5CCC(CC6CCN(CC7CCN(c8ccc9c(c8)CN(C(CCC=O)C(=O)NC)C9=O)CC7)CC6)CC5)nc4c3F)c12. The number of aldehydes is 1. The lowest BCUT2D eigenvalue weighted by molar-refractivity contribution is -0.125. The van der Waals surface area contributed by atoms with E-state index in [2.05, 4.69) is 52.2 Å². The number of fused-ring (bicyclic) bond motifs is 5. The summed E-state index contributed by atoms with van der Waals surface area (Å²) >= 11 is 0. The van der Waals surface area contributed by atoms with E-state index >= 15 is 8.78 Å². The zero-order chi connectivity index (χ0) is 51.7. The van der Waals surface area contributed by atoms with E-state index in [0.717, 1.165) is 108 Å². The van der Waals surface area contributed by atoms with Gasteiger partial charge in [-0.05, 0) is 155 Å². The minimum absolute atomic E-state index is 0.0345. The van der Waals surface area contributed by atoms with Gasteiger partial charge < -0.3 is 44.9 Å². The third kappa shape index (κ3) is 10.6. The van der Waals surface area contributed by atoms with E-state index in [1.54, 1.807) is 18.1 Å². The minimum atomic E-state index is -0.727. The molecule has 11 rings (SSSR count). The largest absolute Gasteiger partial charge is 0.508 e. The molecule has 5 fully saturated rings. The number of ether oxygens (including phenoxy) is 1. The number of phenolic OH excluding ortho intramolecular Hbond substituents is 1. The second-order valence-corrected chi connectivity index (χ2v) is 21.9. The number of carbonyl (C=O) groups is 3. The number of amides is 2. The number of piperazine rings is 1. The second-order valence-electron chi connectivity index (χ2n) is 21.9. The van der Waals surface area contributed by atoms with Gasteiger partial charge in [-0.1, -0.05) is 12.0 Å². The number of terminal acetylenes is 1. The van der Waals surface area contributed by atoms with Gasteiger partial charge in [-0.2, -0.15) is 9.97 Å². The molecule has 5 aromatic rings. The summed E-state index contributed by atoms with van der Waals surface area (Å²) in [4.78, 5) is 62.5. The number of likely N-dealkylation sites (N-methyl/N-ethyl adjacent to an activating group) is 1. The third-order valence-corrected chi connectivity index (χ3v) is 17.2. The zero-order valence-electron chi connectivity index (χ0n) is 42.9. The monoisotopic (exact) mass is 1020 g/mol. The molecule has 6 aliphatic heterocycles. The number of likely N-dealkylation sites (tertiary alicyclic amines) is 2. The molecule has 2 bridgehead atoms. The minimum Gasteiger partial charge on any atom is -0.508 e. The molecule has 17 heteroatoms. The first-order chi connectivity index (χ1) is 36.5. The van der Waals surface area contributed by atoms with Crippen LogP contribution in [0.4, 0.5) is 20.3 Å². The number of phenols is 1. The molecule has 3 N–H and O–H groups in total. The Morgan fingerprint density at radius 3 is 2.33 bits per heavy atom. The molecule has 394 valence electrons. The van der Waals surface area contributed by atoms with Crippen molar-refractivity contribution < 1.29 is 33.0 Å². The predicted molar refractivity (Wildman–Crippen MR) is 285 cm³/mol. The number of nitrogens with one attached hydrogen (secondary N) is 2. The van der Waals surface area contributed by atoms with E-state index in [4.69, 9.17) is 16.1 Å². The van der Waals surface area contributed by atoms with Gasteiger partial charge in [-0.25, -0.2) is 8.78 Å². The summed E-state index contributed by atoms with van der Waals surface area (Å²) in [7, 11) is 1.56. The maximum atomic E-state index is 17.0. The van der Waals surface area contributed by atoms with Crippen LogP contribution in [0.5, 0.6) is 11.8 Å². The van der Waals surface area contributed by atoms with E-state index in [0.29, 0.717) is 85.3 Å². The van der Waals surface area contributed by atoms with Crippen molar-refractivity contribution >= 4 is 51.3 Å². The van der Waals surface area contributed by atoms with Crippen LogP contribution in [-0.2, 0) is 16.1 Å². The molecule has 3 atom stereocenters. The number of anilines is 2. The molecule has 0 saturated carbocycles. The first-order valence-corrected chi connectivity index (χ1v) is 27.2. The Kier molecular flexibility index (Phi) is 14.9. The number of aromatic nitrogens is 3. The second kappa shape index (κ2) is 22.0. The van der Waals surface area contributed by atoms with Gasteiger partial charge in [0.1, 0.15) is 47.5 Å². The van der Waals surface area contributed by atoms with Gasteiger partial charge in [0.2, 0.25) is 5.91 Å². The third-order valence-electron chi connectivity index (χ3n) is 17.2. The van der Waals surface area contributed by atoms with Crippen molar-refractivity contribution in [2.75, 3.05) is 88.9 Å². The van der Waals surface area contributed by atoms with Gasteiger partial charge in [0.05, 0.1) is 10.9 Å². The molecule has 5 saturated heterocycles. The van der Waals surface area contributed by atoms with E-state index in [1.807, 2.05) is 12.1 Å². The Morgan fingerprint density at radius 2 is 1.63 bits per heavy atom. The summed E-state index contributed by atoms with van der Waals surface area (Å²) in [6.07, 6.45) is 19.2. The van der Waals surface area contributed by atoms with Crippen molar-refractivity contribution in [1.82, 2.24) is 40.3 Å². The fourth-order valence-corrected chi connectivity index (χ4v) is 13.2. The molecular formula is C58H68F2N10O5. The fraction of sp³-hybridized carbons (Fsp3) is 0.517. The van der Waals surface area contributed by atoms with Crippen molar-refractivity contribution in [2.45, 2.75) is 95.3 Å². The summed E-state index contributed by atoms with van der Waals surface area (Å²) in [5.41, 5.74) is 2.79. The summed E-state index contributed by atoms with van der Waals surface area (Å²) < 4.78 is 38.4. The van der Waals surface area contributed by atoms with Crippen LogP contribution in [-0.4, -0.2) is 150 Å². The normalized spacial score (nSPS) is 21.5. The highest BCUT2D eigenvalue weighted by molar-refractivity contribution is 6.03. The predicted octanol–water partition coefficient (Wildman–Crippen LogP) is 6.91. The van der Waals surface area contributed by atoms with Gasteiger partial charge in [-0.15, -0.1) is 6.42 Å². The van der Waals surface area contributed by atoms with Crippen LogP contribution < -0.4 is 25.2 Å². The molecule has 2 amide bonds. The van der Waals surface area contributed by atoms with Gasteiger partial charge >= 0.3 is 6.01 Å². The van der Waals surface area contributed by atoms with Crippen LogP contribution in [0.3, 0.4) is 0 Å². The average Bonchev–Trinajstić information content (AvgIpc) is 3.95. The van der Waals surface area contributed by atoms with Gasteiger partial charge in [-0.3, -0.25) is 19.5 Å². The van der Waals surface area contributed by atoms with Crippen LogP contribution >= 0.6 is 0 Å². The summed E-state index contributed by atoms with van der Waals surface area (Å²) in [6.45, 7) is 10.3. The zero-order valence-corrected chi connectivity index (χ0v) is 42.9. The average molecular weight is 1020 g/mol. The Hall–Kier alpha value is -6.48. The van der Waals surface area contributed by atoms with E-state index < -0.39 is 17.7 Å². The lowest BCUT2D eigenvalue weighted by Gasteiger charge is -2.39. The maximum Gasteiger partial charge on any atom is 0.319 e. The molecule has 75 heavy (non-hydrogen) atoms. The topological polar surface area (TPSA) is 160 Å². The number of halogens is 2. The van der Waals surface area contributed by atoms with E-state index in [1.165, 1.54) is 43.5 Å². The number of rotatable bonds is 16. The summed E-state index contributed by atoms with van der Waals surface area (Å²) in [6, 6.07) is 11.7. The number of aromatic hydroxyl groups is 1. The Bertz CT molecular complexity index is 2990. The molecule has 15 nitrogen and oxygen atoms in total. The van der Waals surface area contributed by atoms with Gasteiger partial charge in [0.25, 0.3) is 5.91 Å². The van der Waals surface area contributed by atoms with Crippen molar-refractivity contribution in [1.29, 1.82) is 0 Å². The molecule has 3 aromatic carbocycles. The highest BCUT2D eigenvalue weighted by atomic mass is 19.1. The number of hydrogen-bond donors (Lipinski definition) is 3. The quantitative estimate of drug-likeness (QED) is 0.0693. The Morgan fingerprint density at radius 1 is 0.907 bits per heavy atom. The standard InChI is InChI=1S/C58H68F2N10O5/c1-3-45-49(59)11-6-39-29-44(72)30-47(51(39)45)53-52(60)54-48(31-62-53)55(69-34-41-7-8-42(35-69)63-41)65-58(64-54)75-26-24-66-18-12-36(13-19-66)27-37-14-20-67(21-15-37)32-38-16-22-68(23-17-38)43-9-10-46-40(28-43)33-70(57(46)74)50(5-4-25-71)56(73)61-2/h1,6,9-11,25,28-31,36-38,41-42,50,63,72H,4-5,7-8,12-24,26-27,32-35H2,2H3,(H,61,73). The smallest absolute Gasteiger partial charge is 0.319 e. The molecule has 0 aliphatic carbocycles. The van der Waals surface area contributed by atoms with E-state index in [9.17, 15) is 19.5 Å². The van der Waals surface area contributed by atoms with Gasteiger partial charge in [0, 0.05) is 99.8 Å². The van der Waals surface area contributed by atoms with Crippen molar-refractivity contribution in [3.05, 3.63) is 77.0 Å². The van der Waals surface area contributed by atoms with Crippen LogP contribution in [0.25, 0.3) is 32.9 Å². The van der Waals surface area contributed by atoms with Crippen molar-refractivity contribution in [2.24, 2.45) is 17.8 Å². The van der Waals surface area contributed by atoms with E-state index in [-0.39, 0.29) is 57.7 Å². The van der Waals surface area contributed by atoms with Crippen molar-refractivity contribution in [3.8, 4) is 35.4 Å². The number of benzene rings is 3. The van der Waals surface area contributed by atoms with Crippen molar-refractivity contribution in [3.63, 3.8) is 0 Å². The highest BCUT2D eigenvalue weighted by Crippen LogP contribution is 2.40. The lowest BCUT2D eigenvalue weighted by atomic mass is 9.82. The molecule has 0 spiro atoms. The van der Waals surface area contributed by atoms with Crippen LogP contribution in [0, 0.1) is 41.7 Å². The molecular weight excluding hydrogens is 955 g/mol.